The van der Waals surface area contributed by atoms with Gasteiger partial charge in [0.25, 0.3) is 0 Å². The molecule has 2 aliphatic rings. The van der Waals surface area contributed by atoms with Crippen molar-refractivity contribution in [2.45, 2.75) is 6.17 Å². The predicted molar refractivity (Wildman–Crippen MR) is 135 cm³/mol. The number of amides is 2. The van der Waals surface area contributed by atoms with Gasteiger partial charge in [-0.3, -0.25) is 10.2 Å². The lowest BCUT2D eigenvalue weighted by atomic mass is 9.97. The third kappa shape index (κ3) is 4.50. The highest BCUT2D eigenvalue weighted by Crippen LogP contribution is 2.41. The Balaban J connectivity index is 1.47. The van der Waals surface area contributed by atoms with E-state index in [0.717, 1.165) is 4.90 Å². The van der Waals surface area contributed by atoms with Crippen molar-refractivity contribution >= 4 is 29.1 Å². The summed E-state index contributed by atoms with van der Waals surface area (Å²) in [5.74, 6) is -0.0350. The number of rotatable bonds is 4. The minimum absolute atomic E-state index is 0.0370. The molecule has 3 heterocycles. The summed E-state index contributed by atoms with van der Waals surface area (Å²) in [6, 6.07) is 9.93. The Bertz CT molecular complexity index is 1390. The quantitative estimate of drug-likeness (QED) is 0.508. The molecule has 3 aromatic rings. The SMILES string of the molecule is [2H]C([2H])([2H])N1CCN(c2ccc(-c3cc(F)cc(-c4ccnc(N5CCN[C@H](N)C5)c4)c3O)cc2Cl)C1=O. The fourth-order valence-corrected chi connectivity index (χ4v) is 4.72. The zero-order chi connectivity index (χ0) is 27.2. The summed E-state index contributed by atoms with van der Waals surface area (Å²) < 4.78 is 37.4. The highest BCUT2D eigenvalue weighted by molar-refractivity contribution is 6.34. The normalized spacial score (nSPS) is 20.1. The van der Waals surface area contributed by atoms with Crippen molar-refractivity contribution in [2.24, 2.45) is 5.73 Å². The van der Waals surface area contributed by atoms with Gasteiger partial charge in [-0.05, 0) is 47.5 Å². The fourth-order valence-electron chi connectivity index (χ4n) is 4.44. The molecule has 0 aliphatic carbocycles. The number of nitrogens with two attached hydrogens (primary N) is 1. The third-order valence-corrected chi connectivity index (χ3v) is 6.52. The Morgan fingerprint density at radius 1 is 1.17 bits per heavy atom. The third-order valence-electron chi connectivity index (χ3n) is 6.22. The number of carbonyl (C=O) groups is 1. The van der Waals surface area contributed by atoms with E-state index in [1.165, 1.54) is 23.1 Å². The van der Waals surface area contributed by atoms with E-state index in [0.29, 0.717) is 42.3 Å². The molecule has 182 valence electrons. The molecular weight excluding hydrogens is 471 g/mol. The van der Waals surface area contributed by atoms with E-state index in [2.05, 4.69) is 10.3 Å². The number of aromatic nitrogens is 1. The average molecular weight is 500 g/mol. The maximum absolute atomic E-state index is 14.8. The number of hydrogen-bond donors (Lipinski definition) is 3. The first kappa shape index (κ1) is 19.9. The van der Waals surface area contributed by atoms with Crippen LogP contribution in [0.1, 0.15) is 4.11 Å². The molecule has 0 unspecified atom stereocenters. The number of anilines is 2. The molecule has 1 atom stereocenters. The minimum Gasteiger partial charge on any atom is -0.507 e. The number of carbonyl (C=O) groups excluding carboxylic acids is 1. The maximum atomic E-state index is 14.8. The van der Waals surface area contributed by atoms with Gasteiger partial charge in [-0.15, -0.1) is 0 Å². The van der Waals surface area contributed by atoms with Crippen LogP contribution in [0.4, 0.5) is 20.7 Å². The van der Waals surface area contributed by atoms with E-state index in [4.69, 9.17) is 21.4 Å². The van der Waals surface area contributed by atoms with Crippen LogP contribution in [0.2, 0.25) is 5.02 Å². The van der Waals surface area contributed by atoms with E-state index in [1.807, 2.05) is 4.90 Å². The number of piperazine rings is 1. The van der Waals surface area contributed by atoms with E-state index in [-0.39, 0.29) is 41.2 Å². The summed E-state index contributed by atoms with van der Waals surface area (Å²) in [6.07, 6.45) is 1.41. The summed E-state index contributed by atoms with van der Waals surface area (Å²) in [5.41, 5.74) is 7.84. The predicted octanol–water partition coefficient (Wildman–Crippen LogP) is 3.48. The molecule has 1 aromatic heterocycles. The molecule has 0 saturated carbocycles. The Morgan fingerprint density at radius 2 is 1.94 bits per heavy atom. The van der Waals surface area contributed by atoms with Crippen LogP contribution in [-0.2, 0) is 0 Å². The summed E-state index contributed by atoms with van der Waals surface area (Å²) in [5, 5.41) is 14.5. The Hall–Kier alpha value is -3.40. The topological polar surface area (TPSA) is 98.0 Å². The van der Waals surface area contributed by atoms with Gasteiger partial charge in [0, 0.05) is 61.1 Å². The van der Waals surface area contributed by atoms with Crippen LogP contribution in [0.5, 0.6) is 5.75 Å². The molecule has 2 aromatic carbocycles. The van der Waals surface area contributed by atoms with Gasteiger partial charge < -0.3 is 20.6 Å². The molecule has 35 heavy (non-hydrogen) atoms. The molecule has 8 nitrogen and oxygen atoms in total. The zero-order valence-corrected chi connectivity index (χ0v) is 19.5. The van der Waals surface area contributed by atoms with Gasteiger partial charge >= 0.3 is 6.03 Å². The highest BCUT2D eigenvalue weighted by Gasteiger charge is 2.28. The van der Waals surface area contributed by atoms with Gasteiger partial charge in [0.1, 0.15) is 17.4 Å². The molecule has 2 aliphatic heterocycles. The zero-order valence-electron chi connectivity index (χ0n) is 21.7. The first-order valence-electron chi connectivity index (χ1n) is 12.6. The van der Waals surface area contributed by atoms with Crippen LogP contribution < -0.4 is 20.9 Å². The van der Waals surface area contributed by atoms with Crippen LogP contribution in [-0.4, -0.2) is 66.9 Å². The molecule has 2 saturated heterocycles. The van der Waals surface area contributed by atoms with E-state index in [1.54, 1.807) is 30.5 Å². The van der Waals surface area contributed by atoms with Crippen LogP contribution in [0.15, 0.2) is 48.7 Å². The van der Waals surface area contributed by atoms with Crippen LogP contribution in [0, 0.1) is 5.82 Å². The van der Waals surface area contributed by atoms with Gasteiger partial charge in [-0.2, -0.15) is 0 Å². The molecule has 5 rings (SSSR count). The summed E-state index contributed by atoms with van der Waals surface area (Å²) in [4.78, 5) is 21.2. The number of pyridine rings is 1. The molecule has 4 N–H and O–H groups in total. The van der Waals surface area contributed by atoms with Crippen molar-refractivity contribution in [2.75, 3.05) is 49.5 Å². The molecular formula is C25H26ClFN6O2. The minimum atomic E-state index is -2.55. The van der Waals surface area contributed by atoms with Crippen LogP contribution in [0.25, 0.3) is 22.3 Å². The molecule has 0 bridgehead atoms. The van der Waals surface area contributed by atoms with Crippen molar-refractivity contribution in [3.8, 4) is 28.0 Å². The standard InChI is InChI=1S/C25H26ClFN6O2/c1-31-8-9-33(25(31)35)21-3-2-15(10-20(21)26)18-12-17(27)13-19(24(18)34)16-4-5-30-23(11-16)32-7-6-29-22(28)14-32/h2-5,10-13,22,29,34H,6-9,14,28H2,1H3/t22-/m0/s1/i1D3. The van der Waals surface area contributed by atoms with Crippen molar-refractivity contribution in [1.82, 2.24) is 15.2 Å². The highest BCUT2D eigenvalue weighted by atomic mass is 35.5. The number of aromatic hydroxyl groups is 1. The van der Waals surface area contributed by atoms with Crippen LogP contribution in [0.3, 0.4) is 0 Å². The molecule has 2 amide bonds. The second-order valence-corrected chi connectivity index (χ2v) is 8.92. The van der Waals surface area contributed by atoms with Gasteiger partial charge in [0.15, 0.2) is 0 Å². The lowest BCUT2D eigenvalue weighted by molar-refractivity contribution is 0.229. The summed E-state index contributed by atoms with van der Waals surface area (Å²) >= 11 is 6.50. The number of benzene rings is 2. The number of hydrogen-bond acceptors (Lipinski definition) is 6. The van der Waals surface area contributed by atoms with Crippen LogP contribution >= 0.6 is 11.6 Å². The maximum Gasteiger partial charge on any atom is 0.324 e. The largest absolute Gasteiger partial charge is 0.507 e. The smallest absolute Gasteiger partial charge is 0.324 e. The monoisotopic (exact) mass is 499 g/mol. The van der Waals surface area contributed by atoms with Gasteiger partial charge in [-0.1, -0.05) is 17.7 Å². The summed E-state index contributed by atoms with van der Waals surface area (Å²) in [7, 11) is 0. The van der Waals surface area contributed by atoms with Crippen molar-refractivity contribution < 1.29 is 18.4 Å². The Morgan fingerprint density at radius 3 is 2.63 bits per heavy atom. The number of phenols is 1. The Labute approximate surface area is 211 Å². The second kappa shape index (κ2) is 9.33. The Kier molecular flexibility index (Phi) is 5.29. The van der Waals surface area contributed by atoms with Gasteiger partial charge in [-0.25, -0.2) is 14.2 Å². The summed E-state index contributed by atoms with van der Waals surface area (Å²) in [6.45, 7) is -0.379. The lowest BCUT2D eigenvalue weighted by Gasteiger charge is -2.32. The average Bonchev–Trinajstić information content (AvgIpc) is 3.27. The molecule has 0 radical (unpaired) electrons. The number of likely N-dealkylation sites (N-methyl/N-ethyl adjacent to an activating group) is 1. The molecule has 0 spiro atoms. The number of halogens is 2. The number of nitrogens with zero attached hydrogens (tertiary/aromatic N) is 4. The van der Waals surface area contributed by atoms with E-state index < -0.39 is 18.8 Å². The first-order valence-corrected chi connectivity index (χ1v) is 11.5. The van der Waals surface area contributed by atoms with E-state index in [9.17, 15) is 14.3 Å². The van der Waals surface area contributed by atoms with Gasteiger partial charge in [0.05, 0.1) is 16.9 Å². The number of nitrogens with one attached hydrogen (secondary N) is 1. The number of urea groups is 1. The fraction of sp³-hybridized carbons (Fsp3) is 0.280. The number of phenolic OH excluding ortho intramolecular Hbond substituents is 1. The molecule has 2 fully saturated rings. The van der Waals surface area contributed by atoms with Gasteiger partial charge in [0.2, 0.25) is 0 Å². The van der Waals surface area contributed by atoms with Crippen molar-refractivity contribution in [3.05, 3.63) is 59.5 Å². The molecule has 10 heteroatoms. The second-order valence-electron chi connectivity index (χ2n) is 8.51. The van der Waals surface area contributed by atoms with E-state index >= 15 is 0 Å². The van der Waals surface area contributed by atoms with Crippen molar-refractivity contribution in [3.63, 3.8) is 0 Å². The first-order chi connectivity index (χ1) is 18.0. The van der Waals surface area contributed by atoms with Crippen molar-refractivity contribution in [1.29, 1.82) is 0 Å². The lowest BCUT2D eigenvalue weighted by Crippen LogP contribution is -2.55.